The van der Waals surface area contributed by atoms with Crippen LogP contribution in [0.15, 0.2) is 29.6 Å². The van der Waals surface area contributed by atoms with E-state index in [1.165, 1.54) is 5.56 Å². The number of carbonyl (C=O) groups is 1. The van der Waals surface area contributed by atoms with E-state index in [0.717, 1.165) is 16.4 Å². The first-order valence-electron chi connectivity index (χ1n) is 6.86. The fourth-order valence-electron chi connectivity index (χ4n) is 2.09. The number of hydrogen-bond donors (Lipinski definition) is 1. The number of aromatic nitrogens is 1. The van der Waals surface area contributed by atoms with Crippen molar-refractivity contribution in [1.29, 1.82) is 0 Å². The Balaban J connectivity index is 1.94. The van der Waals surface area contributed by atoms with Gasteiger partial charge in [0.2, 0.25) is 5.91 Å². The molecule has 2 rings (SSSR count). The van der Waals surface area contributed by atoms with Crippen LogP contribution in [-0.4, -0.2) is 10.9 Å². The summed E-state index contributed by atoms with van der Waals surface area (Å²) < 4.78 is 0. The molecule has 4 heteroatoms. The molecule has 0 bridgehead atoms. The molecule has 0 aliphatic carbocycles. The summed E-state index contributed by atoms with van der Waals surface area (Å²) >= 11 is 1.62. The maximum Gasteiger partial charge on any atom is 0.224 e. The molecule has 1 N–H and O–H groups in total. The van der Waals surface area contributed by atoms with Crippen molar-refractivity contribution in [2.45, 2.75) is 39.5 Å². The maximum atomic E-state index is 12.0. The topological polar surface area (TPSA) is 42.0 Å². The summed E-state index contributed by atoms with van der Waals surface area (Å²) in [6.45, 7) is 6.24. The molecule has 0 atom stereocenters. The third-order valence-electron chi connectivity index (χ3n) is 3.13. The zero-order valence-corrected chi connectivity index (χ0v) is 13.0. The highest BCUT2D eigenvalue weighted by atomic mass is 32.1. The van der Waals surface area contributed by atoms with Crippen LogP contribution in [0.3, 0.4) is 0 Å². The zero-order chi connectivity index (χ0) is 14.5. The van der Waals surface area contributed by atoms with Crippen molar-refractivity contribution in [3.8, 4) is 0 Å². The summed E-state index contributed by atoms with van der Waals surface area (Å²) in [4.78, 5) is 16.4. The third kappa shape index (κ3) is 3.90. The van der Waals surface area contributed by atoms with Gasteiger partial charge in [-0.15, -0.1) is 11.3 Å². The zero-order valence-electron chi connectivity index (χ0n) is 12.1. The number of carbonyl (C=O) groups excluding carboxylic acids is 1. The first-order chi connectivity index (χ1) is 9.56. The normalized spacial score (nSPS) is 10.8. The number of thiazole rings is 1. The van der Waals surface area contributed by atoms with Gasteiger partial charge in [0.1, 0.15) is 0 Å². The number of aryl methyl sites for hydroxylation is 2. The second kappa shape index (κ2) is 6.66. The van der Waals surface area contributed by atoms with Crippen molar-refractivity contribution >= 4 is 22.9 Å². The van der Waals surface area contributed by atoms with Crippen LogP contribution in [0.25, 0.3) is 0 Å². The Morgan fingerprint density at radius 1 is 1.35 bits per heavy atom. The van der Waals surface area contributed by atoms with Gasteiger partial charge in [0.05, 0.1) is 10.7 Å². The summed E-state index contributed by atoms with van der Waals surface area (Å²) in [7, 11) is 0. The predicted octanol–water partition coefficient (Wildman–Crippen LogP) is 4.15. The Bertz CT molecular complexity index is 590. The molecular weight excluding hydrogens is 268 g/mol. The van der Waals surface area contributed by atoms with E-state index in [2.05, 4.69) is 30.2 Å². The number of nitrogens with one attached hydrogen (secondary N) is 1. The van der Waals surface area contributed by atoms with E-state index < -0.39 is 0 Å². The number of hydrogen-bond acceptors (Lipinski definition) is 3. The van der Waals surface area contributed by atoms with Gasteiger partial charge in [-0.25, -0.2) is 4.98 Å². The van der Waals surface area contributed by atoms with Gasteiger partial charge in [-0.2, -0.15) is 0 Å². The van der Waals surface area contributed by atoms with Crippen molar-refractivity contribution in [2.75, 3.05) is 5.32 Å². The molecular formula is C16H20N2OS. The van der Waals surface area contributed by atoms with Crippen molar-refractivity contribution in [2.24, 2.45) is 0 Å². The van der Waals surface area contributed by atoms with Gasteiger partial charge in [0, 0.05) is 17.5 Å². The molecule has 0 saturated carbocycles. The van der Waals surface area contributed by atoms with Gasteiger partial charge < -0.3 is 5.32 Å². The first-order valence-corrected chi connectivity index (χ1v) is 7.74. The molecule has 106 valence electrons. The molecule has 0 unspecified atom stereocenters. The van der Waals surface area contributed by atoms with E-state index in [-0.39, 0.29) is 5.91 Å². The standard InChI is InChI=1S/C16H20N2OS/c1-11(2)14-6-4-5-7-15(14)18-16(19)9-8-13-10-20-12(3)17-13/h4-7,10-11H,8-9H2,1-3H3,(H,18,19). The molecule has 0 aliphatic rings. The lowest BCUT2D eigenvalue weighted by Gasteiger charge is -2.13. The van der Waals surface area contributed by atoms with Gasteiger partial charge in [-0.1, -0.05) is 32.0 Å². The summed E-state index contributed by atoms with van der Waals surface area (Å²) in [6.07, 6.45) is 1.16. The molecule has 20 heavy (non-hydrogen) atoms. The molecule has 1 aromatic heterocycles. The molecule has 0 radical (unpaired) electrons. The molecule has 0 fully saturated rings. The van der Waals surface area contributed by atoms with Crippen LogP contribution in [0.4, 0.5) is 5.69 Å². The van der Waals surface area contributed by atoms with Crippen LogP contribution in [0, 0.1) is 6.92 Å². The van der Waals surface area contributed by atoms with Crippen molar-refractivity contribution < 1.29 is 4.79 Å². The average Bonchev–Trinajstić information content (AvgIpc) is 2.83. The Kier molecular flexibility index (Phi) is 4.90. The first kappa shape index (κ1) is 14.7. The lowest BCUT2D eigenvalue weighted by molar-refractivity contribution is -0.116. The lowest BCUT2D eigenvalue weighted by Crippen LogP contribution is -2.14. The second-order valence-electron chi connectivity index (χ2n) is 5.15. The van der Waals surface area contributed by atoms with Gasteiger partial charge in [-0.05, 0) is 30.9 Å². The van der Waals surface area contributed by atoms with Gasteiger partial charge in [0.25, 0.3) is 0 Å². The SMILES string of the molecule is Cc1nc(CCC(=O)Nc2ccccc2C(C)C)cs1. The Hall–Kier alpha value is -1.68. The molecule has 2 aromatic rings. The van der Waals surface area contributed by atoms with Gasteiger partial charge in [-0.3, -0.25) is 4.79 Å². The minimum atomic E-state index is 0.0451. The maximum absolute atomic E-state index is 12.0. The van der Waals surface area contributed by atoms with Crippen LogP contribution in [0.5, 0.6) is 0 Å². The quantitative estimate of drug-likeness (QED) is 0.898. The average molecular weight is 288 g/mol. The largest absolute Gasteiger partial charge is 0.326 e. The van der Waals surface area contributed by atoms with Crippen LogP contribution < -0.4 is 5.32 Å². The van der Waals surface area contributed by atoms with Crippen molar-refractivity contribution in [1.82, 2.24) is 4.98 Å². The molecule has 1 aromatic carbocycles. The van der Waals surface area contributed by atoms with Gasteiger partial charge in [0.15, 0.2) is 0 Å². The van der Waals surface area contributed by atoms with E-state index in [1.54, 1.807) is 11.3 Å². The van der Waals surface area contributed by atoms with Crippen LogP contribution >= 0.6 is 11.3 Å². The number of para-hydroxylation sites is 1. The summed E-state index contributed by atoms with van der Waals surface area (Å²) in [6, 6.07) is 7.97. The predicted molar refractivity (Wildman–Crippen MR) is 84.3 cm³/mol. The van der Waals surface area contributed by atoms with Crippen molar-refractivity contribution in [3.05, 3.63) is 45.9 Å². The van der Waals surface area contributed by atoms with Crippen LogP contribution in [0.2, 0.25) is 0 Å². The monoisotopic (exact) mass is 288 g/mol. The Morgan fingerprint density at radius 3 is 2.75 bits per heavy atom. The van der Waals surface area contributed by atoms with E-state index >= 15 is 0 Å². The van der Waals surface area contributed by atoms with Crippen LogP contribution in [0.1, 0.15) is 42.5 Å². The molecule has 3 nitrogen and oxygen atoms in total. The van der Waals surface area contributed by atoms with E-state index in [9.17, 15) is 4.79 Å². The number of rotatable bonds is 5. The molecule has 0 aliphatic heterocycles. The molecule has 0 spiro atoms. The van der Waals surface area contributed by atoms with Crippen LogP contribution in [-0.2, 0) is 11.2 Å². The minimum absolute atomic E-state index is 0.0451. The summed E-state index contributed by atoms with van der Waals surface area (Å²) in [5.74, 6) is 0.441. The molecule has 0 saturated heterocycles. The minimum Gasteiger partial charge on any atom is -0.326 e. The summed E-state index contributed by atoms with van der Waals surface area (Å²) in [5.41, 5.74) is 3.09. The number of benzene rings is 1. The Labute approximate surface area is 124 Å². The molecule has 1 amide bonds. The highest BCUT2D eigenvalue weighted by Gasteiger charge is 2.09. The number of anilines is 1. The Morgan fingerprint density at radius 2 is 2.10 bits per heavy atom. The number of nitrogens with zero attached hydrogens (tertiary/aromatic N) is 1. The fraction of sp³-hybridized carbons (Fsp3) is 0.375. The van der Waals surface area contributed by atoms with E-state index in [1.807, 2.05) is 30.5 Å². The lowest BCUT2D eigenvalue weighted by atomic mass is 10.0. The smallest absolute Gasteiger partial charge is 0.224 e. The van der Waals surface area contributed by atoms with Crippen molar-refractivity contribution in [3.63, 3.8) is 0 Å². The highest BCUT2D eigenvalue weighted by molar-refractivity contribution is 7.09. The third-order valence-corrected chi connectivity index (χ3v) is 3.95. The second-order valence-corrected chi connectivity index (χ2v) is 6.21. The fourth-order valence-corrected chi connectivity index (χ4v) is 2.74. The van der Waals surface area contributed by atoms with E-state index in [4.69, 9.17) is 0 Å². The number of amides is 1. The van der Waals surface area contributed by atoms with Gasteiger partial charge >= 0.3 is 0 Å². The van der Waals surface area contributed by atoms with E-state index in [0.29, 0.717) is 18.8 Å². The highest BCUT2D eigenvalue weighted by Crippen LogP contribution is 2.23. The molecule has 1 heterocycles. The summed E-state index contributed by atoms with van der Waals surface area (Å²) in [5, 5.41) is 6.07.